The number of hydrogen-bond acceptors (Lipinski definition) is 10. The fourth-order valence-corrected chi connectivity index (χ4v) is 6.06. The zero-order valence-corrected chi connectivity index (χ0v) is 26.8. The number of aromatic nitrogens is 8. The van der Waals surface area contributed by atoms with Crippen molar-refractivity contribution in [2.75, 3.05) is 22.1 Å². The summed E-state index contributed by atoms with van der Waals surface area (Å²) >= 11 is 15.5. The second-order valence-electron chi connectivity index (χ2n) is 9.48. The summed E-state index contributed by atoms with van der Waals surface area (Å²) < 4.78 is 3.14. The van der Waals surface area contributed by atoms with Crippen molar-refractivity contribution >= 4 is 69.9 Å². The second-order valence-corrected chi connectivity index (χ2v) is 12.2. The lowest BCUT2D eigenvalue weighted by molar-refractivity contribution is -0.114. The fourth-order valence-electron chi connectivity index (χ4n) is 4.23. The van der Waals surface area contributed by atoms with Crippen LogP contribution in [0.1, 0.15) is 0 Å². The van der Waals surface area contributed by atoms with E-state index in [0.717, 1.165) is 22.5 Å². The van der Waals surface area contributed by atoms with E-state index in [-0.39, 0.29) is 23.3 Å². The minimum absolute atomic E-state index is 0.0800. The van der Waals surface area contributed by atoms with Crippen LogP contribution in [-0.2, 0) is 9.59 Å². The van der Waals surface area contributed by atoms with E-state index in [0.29, 0.717) is 31.7 Å². The number of para-hydroxylation sites is 2. The van der Waals surface area contributed by atoms with Gasteiger partial charge in [0.05, 0.1) is 44.3 Å². The molecular formula is C30H22Cl2N10O2S2. The molecule has 0 bridgehead atoms. The molecular weight excluding hydrogens is 667 g/mol. The highest BCUT2D eigenvalue weighted by Gasteiger charge is 2.15. The summed E-state index contributed by atoms with van der Waals surface area (Å²) in [6.45, 7) is 0. The molecule has 230 valence electrons. The third-order valence-corrected chi connectivity index (χ3v) is 8.83. The summed E-state index contributed by atoms with van der Waals surface area (Å²) in [5, 5.41) is 30.8. The van der Waals surface area contributed by atoms with Crippen LogP contribution in [0.15, 0.2) is 107 Å². The normalized spacial score (nSPS) is 10.9. The molecule has 6 aromatic rings. The molecule has 2 N–H and O–H groups in total. The van der Waals surface area contributed by atoms with Crippen LogP contribution in [0.25, 0.3) is 22.5 Å². The molecule has 0 spiro atoms. The predicted molar refractivity (Wildman–Crippen MR) is 179 cm³/mol. The van der Waals surface area contributed by atoms with Crippen molar-refractivity contribution in [1.29, 1.82) is 0 Å². The first-order valence-corrected chi connectivity index (χ1v) is 16.3. The Morgan fingerprint density at radius 1 is 0.609 bits per heavy atom. The largest absolute Gasteiger partial charge is 0.324 e. The number of tetrazole rings is 2. The molecule has 2 amide bonds. The van der Waals surface area contributed by atoms with E-state index < -0.39 is 0 Å². The van der Waals surface area contributed by atoms with E-state index in [4.69, 9.17) is 23.2 Å². The van der Waals surface area contributed by atoms with Gasteiger partial charge in [0.1, 0.15) is 0 Å². The topological polar surface area (TPSA) is 145 Å². The van der Waals surface area contributed by atoms with Crippen LogP contribution >= 0.6 is 46.7 Å². The van der Waals surface area contributed by atoms with Crippen LogP contribution < -0.4 is 10.6 Å². The number of amides is 2. The van der Waals surface area contributed by atoms with Crippen LogP contribution in [0.5, 0.6) is 0 Å². The van der Waals surface area contributed by atoms with Gasteiger partial charge in [-0.15, -0.1) is 10.2 Å². The van der Waals surface area contributed by atoms with Gasteiger partial charge in [-0.3, -0.25) is 9.59 Å². The number of nitrogens with one attached hydrogen (secondary N) is 2. The number of thioether (sulfide) groups is 2. The number of carbonyl (C=O) groups is 2. The number of anilines is 2. The molecule has 12 nitrogen and oxygen atoms in total. The van der Waals surface area contributed by atoms with Crippen LogP contribution in [0.4, 0.5) is 11.4 Å². The molecule has 46 heavy (non-hydrogen) atoms. The Morgan fingerprint density at radius 2 is 1.02 bits per heavy atom. The van der Waals surface area contributed by atoms with E-state index in [1.165, 1.54) is 23.5 Å². The molecule has 0 radical (unpaired) electrons. The van der Waals surface area contributed by atoms with Crippen LogP contribution in [-0.4, -0.2) is 63.7 Å². The summed E-state index contributed by atoms with van der Waals surface area (Å²) in [6.07, 6.45) is 0. The lowest BCUT2D eigenvalue weighted by Crippen LogP contribution is -2.15. The van der Waals surface area contributed by atoms with Crippen LogP contribution in [0.2, 0.25) is 10.0 Å². The SMILES string of the molecule is O=C(CSc1nnnn1-c1ccccc1)Nc1ccc(-c2ccc(NC(=O)CSc3nnnn3-c3ccccc3)c(Cl)c2)cc1Cl. The standard InChI is InChI=1S/C30H22Cl2N10O2S2/c31-23-15-19(11-13-25(23)33-27(43)17-45-29-35-37-39-41(29)21-7-3-1-4-8-21)20-12-14-26(24(32)16-20)34-28(44)18-46-30-36-38-40-42(30)22-9-5-2-6-10-22/h1-16H,17-18H2,(H,33,43)(H,34,44). The molecule has 0 aliphatic heterocycles. The lowest BCUT2D eigenvalue weighted by Gasteiger charge is -2.11. The van der Waals surface area contributed by atoms with E-state index in [2.05, 4.69) is 41.7 Å². The second kappa shape index (κ2) is 14.6. The maximum Gasteiger partial charge on any atom is 0.234 e. The third kappa shape index (κ3) is 7.54. The first kappa shape index (κ1) is 31.2. The van der Waals surface area contributed by atoms with E-state index >= 15 is 0 Å². The number of halogens is 2. The Bertz CT molecular complexity index is 1850. The molecule has 0 aliphatic carbocycles. The fraction of sp³-hybridized carbons (Fsp3) is 0.0667. The zero-order valence-electron chi connectivity index (χ0n) is 23.6. The Hall–Kier alpha value is -4.76. The maximum absolute atomic E-state index is 12.7. The van der Waals surface area contributed by atoms with Crippen molar-refractivity contribution in [2.45, 2.75) is 10.3 Å². The lowest BCUT2D eigenvalue weighted by atomic mass is 10.0. The van der Waals surface area contributed by atoms with Crippen molar-refractivity contribution in [3.8, 4) is 22.5 Å². The molecule has 4 aromatic carbocycles. The van der Waals surface area contributed by atoms with Gasteiger partial charge < -0.3 is 10.6 Å². The van der Waals surface area contributed by atoms with Gasteiger partial charge in [-0.25, -0.2) is 0 Å². The molecule has 0 unspecified atom stereocenters. The third-order valence-electron chi connectivity index (χ3n) is 6.37. The van der Waals surface area contributed by atoms with Crippen LogP contribution in [0.3, 0.4) is 0 Å². The summed E-state index contributed by atoms with van der Waals surface area (Å²) in [5.74, 6) is -0.368. The molecule has 2 heterocycles. The van der Waals surface area contributed by atoms with Gasteiger partial charge in [0.2, 0.25) is 22.1 Å². The Balaban J connectivity index is 1.03. The summed E-state index contributed by atoms with van der Waals surface area (Å²) in [4.78, 5) is 25.4. The highest BCUT2D eigenvalue weighted by atomic mass is 35.5. The van der Waals surface area contributed by atoms with Gasteiger partial charge in [0, 0.05) is 0 Å². The molecule has 16 heteroatoms. The molecule has 0 atom stereocenters. The van der Waals surface area contributed by atoms with Gasteiger partial charge in [-0.05, 0) is 80.5 Å². The molecule has 0 saturated heterocycles. The van der Waals surface area contributed by atoms with Gasteiger partial charge in [0.25, 0.3) is 0 Å². The number of carbonyl (C=O) groups excluding carboxylic acids is 2. The highest BCUT2D eigenvalue weighted by molar-refractivity contribution is 8.00. The monoisotopic (exact) mass is 688 g/mol. The Kier molecular flexibility index (Phi) is 9.88. The quantitative estimate of drug-likeness (QED) is 0.154. The minimum Gasteiger partial charge on any atom is -0.324 e. The van der Waals surface area contributed by atoms with E-state index in [9.17, 15) is 9.59 Å². The predicted octanol–water partition coefficient (Wildman–Crippen LogP) is 6.07. The maximum atomic E-state index is 12.7. The van der Waals surface area contributed by atoms with Gasteiger partial charge >= 0.3 is 0 Å². The number of hydrogen-bond donors (Lipinski definition) is 2. The molecule has 6 rings (SSSR count). The smallest absolute Gasteiger partial charge is 0.234 e. The molecule has 0 fully saturated rings. The van der Waals surface area contributed by atoms with Crippen molar-refractivity contribution < 1.29 is 9.59 Å². The number of benzene rings is 4. The number of rotatable bonds is 11. The van der Waals surface area contributed by atoms with Crippen molar-refractivity contribution in [1.82, 2.24) is 40.4 Å². The highest BCUT2D eigenvalue weighted by Crippen LogP contribution is 2.33. The average molecular weight is 690 g/mol. The van der Waals surface area contributed by atoms with Crippen molar-refractivity contribution in [3.63, 3.8) is 0 Å². The number of nitrogens with zero attached hydrogens (tertiary/aromatic N) is 8. The van der Waals surface area contributed by atoms with Gasteiger partial charge in [-0.2, -0.15) is 9.36 Å². The van der Waals surface area contributed by atoms with E-state index in [1.54, 1.807) is 33.6 Å². The Labute approximate surface area is 280 Å². The van der Waals surface area contributed by atoms with Crippen molar-refractivity contribution in [2.24, 2.45) is 0 Å². The van der Waals surface area contributed by atoms with Gasteiger partial charge in [-0.1, -0.05) is 95.3 Å². The van der Waals surface area contributed by atoms with E-state index in [1.807, 2.05) is 72.8 Å². The summed E-state index contributed by atoms with van der Waals surface area (Å²) in [5.41, 5.74) is 4.07. The minimum atomic E-state index is -0.264. The average Bonchev–Trinajstić information content (AvgIpc) is 3.75. The van der Waals surface area contributed by atoms with Crippen LogP contribution in [0, 0.1) is 0 Å². The summed E-state index contributed by atoms with van der Waals surface area (Å²) in [6, 6.07) is 29.4. The van der Waals surface area contributed by atoms with Gasteiger partial charge in [0.15, 0.2) is 0 Å². The Morgan fingerprint density at radius 3 is 1.41 bits per heavy atom. The molecule has 0 saturated carbocycles. The summed E-state index contributed by atoms with van der Waals surface area (Å²) in [7, 11) is 0. The molecule has 2 aromatic heterocycles. The first-order chi connectivity index (χ1) is 22.4. The van der Waals surface area contributed by atoms with Crippen molar-refractivity contribution in [3.05, 3.63) is 107 Å². The molecule has 0 aliphatic rings. The first-order valence-electron chi connectivity index (χ1n) is 13.6. The zero-order chi connectivity index (χ0) is 31.9.